The maximum Gasteiger partial charge on any atom is 0.339 e. The average molecular weight is 249 g/mol. The predicted molar refractivity (Wildman–Crippen MR) is 65.5 cm³/mol. The van der Waals surface area contributed by atoms with E-state index in [1.165, 1.54) is 0 Å². The minimum atomic E-state index is -0.382. The summed E-state index contributed by atoms with van der Waals surface area (Å²) in [6, 6.07) is 1.71. The number of rotatable bonds is 4. The number of carbonyl (C=O) groups excluding carboxylic acids is 1. The summed E-state index contributed by atoms with van der Waals surface area (Å²) in [6.45, 7) is 4.27. The molecule has 0 aromatic carbocycles. The molecule has 0 saturated carbocycles. The number of ether oxygens (including phenoxy) is 2. The number of esters is 1. The second-order valence-electron chi connectivity index (χ2n) is 3.99. The van der Waals surface area contributed by atoms with Crippen LogP contribution < -0.4 is 0 Å². The monoisotopic (exact) mass is 249 g/mol. The number of methoxy groups -OCH3 is 1. The molecule has 0 aliphatic carbocycles. The fourth-order valence-corrected chi connectivity index (χ4v) is 1.76. The quantitative estimate of drug-likeness (QED) is 0.654. The Bertz CT molecular complexity index is 577. The highest BCUT2D eigenvalue weighted by Gasteiger charge is 2.17. The Hall–Kier alpha value is -1.95. The Morgan fingerprint density at radius 3 is 2.89 bits per heavy atom. The van der Waals surface area contributed by atoms with Crippen LogP contribution in [0.4, 0.5) is 0 Å². The van der Waals surface area contributed by atoms with Crippen LogP contribution in [0, 0.1) is 13.8 Å². The van der Waals surface area contributed by atoms with Gasteiger partial charge in [0, 0.05) is 18.5 Å². The largest absolute Gasteiger partial charge is 0.460 e. The molecule has 0 bridgehead atoms. The van der Waals surface area contributed by atoms with E-state index in [4.69, 9.17) is 9.47 Å². The maximum atomic E-state index is 12.0. The number of aromatic amines is 1. The molecule has 0 spiro atoms. The second kappa shape index (κ2) is 5.14. The van der Waals surface area contributed by atoms with Gasteiger partial charge in [-0.05, 0) is 19.9 Å². The van der Waals surface area contributed by atoms with E-state index in [0.29, 0.717) is 23.2 Å². The molecule has 2 aromatic rings. The third-order valence-corrected chi connectivity index (χ3v) is 2.57. The van der Waals surface area contributed by atoms with Crippen LogP contribution in [-0.4, -0.2) is 41.5 Å². The number of nitrogens with zero attached hydrogens (tertiary/aromatic N) is 2. The number of hydrogen-bond donors (Lipinski definition) is 1. The van der Waals surface area contributed by atoms with Crippen molar-refractivity contribution >= 4 is 17.0 Å². The number of fused-ring (bicyclic) bond motifs is 1. The van der Waals surface area contributed by atoms with Crippen molar-refractivity contribution < 1.29 is 14.3 Å². The van der Waals surface area contributed by atoms with Gasteiger partial charge in [-0.3, -0.25) is 5.10 Å². The van der Waals surface area contributed by atoms with Crippen molar-refractivity contribution in [3.05, 3.63) is 23.0 Å². The third-order valence-electron chi connectivity index (χ3n) is 2.57. The number of aryl methyl sites for hydroxylation is 2. The van der Waals surface area contributed by atoms with E-state index in [1.807, 2.05) is 13.8 Å². The summed E-state index contributed by atoms with van der Waals surface area (Å²) >= 11 is 0. The first-order valence-corrected chi connectivity index (χ1v) is 5.62. The zero-order valence-electron chi connectivity index (χ0n) is 10.6. The van der Waals surface area contributed by atoms with Crippen molar-refractivity contribution in [3.8, 4) is 0 Å². The van der Waals surface area contributed by atoms with Crippen LogP contribution in [0.25, 0.3) is 11.0 Å². The summed E-state index contributed by atoms with van der Waals surface area (Å²) in [7, 11) is 1.56. The minimum Gasteiger partial charge on any atom is -0.460 e. The molecule has 2 rings (SSSR count). The molecule has 0 amide bonds. The first kappa shape index (κ1) is 12.5. The Morgan fingerprint density at radius 2 is 2.17 bits per heavy atom. The number of nitrogens with one attached hydrogen (secondary N) is 1. The first-order chi connectivity index (χ1) is 8.63. The van der Waals surface area contributed by atoms with E-state index in [9.17, 15) is 4.79 Å². The lowest BCUT2D eigenvalue weighted by Crippen LogP contribution is -2.11. The van der Waals surface area contributed by atoms with E-state index in [-0.39, 0.29) is 12.6 Å². The fourth-order valence-electron chi connectivity index (χ4n) is 1.76. The summed E-state index contributed by atoms with van der Waals surface area (Å²) in [6.07, 6.45) is 0. The zero-order chi connectivity index (χ0) is 13.1. The lowest BCUT2D eigenvalue weighted by Gasteiger charge is -2.06. The lowest BCUT2D eigenvalue weighted by atomic mass is 10.1. The van der Waals surface area contributed by atoms with E-state index >= 15 is 0 Å². The first-order valence-electron chi connectivity index (χ1n) is 5.62. The van der Waals surface area contributed by atoms with Gasteiger partial charge in [0.05, 0.1) is 17.6 Å². The number of carbonyl (C=O) groups is 1. The predicted octanol–water partition coefficient (Wildman–Crippen LogP) is 1.38. The molecule has 6 heteroatoms. The smallest absolute Gasteiger partial charge is 0.339 e. The molecule has 1 N–H and O–H groups in total. The van der Waals surface area contributed by atoms with Crippen LogP contribution in [0.3, 0.4) is 0 Å². The highest BCUT2D eigenvalue weighted by atomic mass is 16.6. The number of aromatic nitrogens is 3. The molecule has 2 heterocycles. The van der Waals surface area contributed by atoms with Crippen molar-refractivity contribution in [2.75, 3.05) is 20.3 Å². The number of H-pyrrole nitrogens is 1. The molecule has 2 aromatic heterocycles. The molecule has 0 fully saturated rings. The molecule has 18 heavy (non-hydrogen) atoms. The minimum absolute atomic E-state index is 0.231. The normalized spacial score (nSPS) is 10.8. The van der Waals surface area contributed by atoms with Gasteiger partial charge in [0.1, 0.15) is 6.61 Å². The zero-order valence-corrected chi connectivity index (χ0v) is 10.6. The van der Waals surface area contributed by atoms with E-state index in [1.54, 1.807) is 13.2 Å². The molecule has 0 unspecified atom stereocenters. The van der Waals surface area contributed by atoms with Crippen molar-refractivity contribution in [1.29, 1.82) is 0 Å². The van der Waals surface area contributed by atoms with Gasteiger partial charge in [0.25, 0.3) is 0 Å². The SMILES string of the molecule is COCCOC(=O)c1cc(C)nc2n[nH]c(C)c12. The second-order valence-corrected chi connectivity index (χ2v) is 3.99. The van der Waals surface area contributed by atoms with Crippen LogP contribution in [0.2, 0.25) is 0 Å². The number of pyridine rings is 1. The van der Waals surface area contributed by atoms with Gasteiger partial charge in [-0.15, -0.1) is 0 Å². The average Bonchev–Trinajstić information content (AvgIpc) is 2.70. The highest BCUT2D eigenvalue weighted by Crippen LogP contribution is 2.20. The topological polar surface area (TPSA) is 77.1 Å². The van der Waals surface area contributed by atoms with Gasteiger partial charge in [0.2, 0.25) is 0 Å². The van der Waals surface area contributed by atoms with Crippen LogP contribution in [0.5, 0.6) is 0 Å². The van der Waals surface area contributed by atoms with Crippen molar-refractivity contribution in [2.45, 2.75) is 13.8 Å². The fraction of sp³-hybridized carbons (Fsp3) is 0.417. The summed E-state index contributed by atoms with van der Waals surface area (Å²) < 4.78 is 9.96. The third kappa shape index (κ3) is 2.33. The summed E-state index contributed by atoms with van der Waals surface area (Å²) in [5.41, 5.74) is 2.55. The number of hydrogen-bond acceptors (Lipinski definition) is 5. The Labute approximate surface area is 104 Å². The van der Waals surface area contributed by atoms with Crippen molar-refractivity contribution in [3.63, 3.8) is 0 Å². The lowest BCUT2D eigenvalue weighted by molar-refractivity contribution is 0.0390. The molecule has 96 valence electrons. The Morgan fingerprint density at radius 1 is 1.39 bits per heavy atom. The standard InChI is InChI=1S/C12H15N3O3/c1-7-6-9(12(16)18-5-4-17-3)10-8(2)14-15-11(10)13-7/h6H,4-5H2,1-3H3,(H,13,14,15). The van der Waals surface area contributed by atoms with Crippen molar-refractivity contribution in [1.82, 2.24) is 15.2 Å². The molecule has 0 atom stereocenters. The molecule has 0 radical (unpaired) electrons. The van der Waals surface area contributed by atoms with Gasteiger partial charge in [-0.1, -0.05) is 0 Å². The van der Waals surface area contributed by atoms with Crippen LogP contribution in [0.15, 0.2) is 6.07 Å². The van der Waals surface area contributed by atoms with Gasteiger partial charge in [-0.25, -0.2) is 9.78 Å². The highest BCUT2D eigenvalue weighted by molar-refractivity contribution is 6.03. The summed E-state index contributed by atoms with van der Waals surface area (Å²) in [5.74, 6) is -0.382. The Kier molecular flexibility index (Phi) is 3.57. The van der Waals surface area contributed by atoms with Gasteiger partial charge in [0.15, 0.2) is 5.65 Å². The maximum absolute atomic E-state index is 12.0. The van der Waals surface area contributed by atoms with E-state index < -0.39 is 0 Å². The van der Waals surface area contributed by atoms with Crippen LogP contribution in [-0.2, 0) is 9.47 Å². The van der Waals surface area contributed by atoms with Crippen LogP contribution >= 0.6 is 0 Å². The molecular formula is C12H15N3O3. The molecule has 6 nitrogen and oxygen atoms in total. The summed E-state index contributed by atoms with van der Waals surface area (Å²) in [4.78, 5) is 16.2. The van der Waals surface area contributed by atoms with Gasteiger partial charge >= 0.3 is 5.97 Å². The molecule has 0 aliphatic rings. The summed E-state index contributed by atoms with van der Waals surface area (Å²) in [5, 5.41) is 7.58. The van der Waals surface area contributed by atoms with Gasteiger partial charge in [-0.2, -0.15) is 5.10 Å². The van der Waals surface area contributed by atoms with E-state index in [0.717, 1.165) is 11.4 Å². The Balaban J connectivity index is 2.36. The molecular weight excluding hydrogens is 234 g/mol. The molecule has 0 saturated heterocycles. The van der Waals surface area contributed by atoms with Crippen molar-refractivity contribution in [2.24, 2.45) is 0 Å². The molecule has 0 aliphatic heterocycles. The van der Waals surface area contributed by atoms with E-state index in [2.05, 4.69) is 15.2 Å². The van der Waals surface area contributed by atoms with Crippen LogP contribution in [0.1, 0.15) is 21.7 Å². The van der Waals surface area contributed by atoms with Gasteiger partial charge < -0.3 is 9.47 Å².